The molecular weight excluding hydrogens is 593 g/mol. The second kappa shape index (κ2) is 11.1. The van der Waals surface area contributed by atoms with Crippen molar-refractivity contribution in [3.63, 3.8) is 0 Å². The molecule has 0 bridgehead atoms. The number of benzene rings is 9. The van der Waals surface area contributed by atoms with Crippen LogP contribution in [0.25, 0.3) is 98.8 Å². The van der Waals surface area contributed by atoms with Crippen LogP contribution in [0.15, 0.2) is 186 Å². The Bertz CT molecular complexity index is 3010. The average Bonchev–Trinajstić information content (AvgIpc) is 3.59. The summed E-state index contributed by atoms with van der Waals surface area (Å²) in [5.41, 5.74) is 6.97. The van der Waals surface area contributed by atoms with E-state index in [0.29, 0.717) is 39.9 Å². The van der Waals surface area contributed by atoms with Crippen LogP contribution in [0.2, 0.25) is 0 Å². The van der Waals surface area contributed by atoms with Gasteiger partial charge in [0.15, 0.2) is 0 Å². The van der Waals surface area contributed by atoms with Crippen LogP contribution in [0.3, 0.4) is 0 Å². The minimum atomic E-state index is 0.0699. The Balaban J connectivity index is 1.35. The van der Waals surface area contributed by atoms with E-state index in [0.717, 1.165) is 70.9 Å². The lowest BCUT2D eigenvalue weighted by molar-refractivity contribution is 0.673. The van der Waals surface area contributed by atoms with E-state index in [4.69, 9.17) is 7.16 Å². The van der Waals surface area contributed by atoms with Gasteiger partial charge in [0.05, 0.1) is 6.85 Å². The smallest absolute Gasteiger partial charge is 0.143 e. The van der Waals surface area contributed by atoms with Gasteiger partial charge >= 0.3 is 0 Å². The molecule has 1 aromatic heterocycles. The molecule has 0 unspecified atom stereocenters. The fourth-order valence-corrected chi connectivity index (χ4v) is 7.44. The van der Waals surface area contributed by atoms with E-state index in [-0.39, 0.29) is 18.1 Å². The Morgan fingerprint density at radius 3 is 1.51 bits per heavy atom. The predicted molar refractivity (Wildman–Crippen MR) is 208 cm³/mol. The van der Waals surface area contributed by atoms with Crippen LogP contribution in [0.1, 0.15) is 6.85 Å². The van der Waals surface area contributed by atoms with Crippen molar-refractivity contribution in [3.05, 3.63) is 182 Å². The maximum Gasteiger partial charge on any atom is 0.143 e. The Kier molecular flexibility index (Phi) is 5.20. The number of hydrogen-bond donors (Lipinski definition) is 0. The van der Waals surface area contributed by atoms with Crippen LogP contribution < -0.4 is 0 Å². The van der Waals surface area contributed by atoms with Crippen molar-refractivity contribution in [3.8, 4) is 44.5 Å². The largest absolute Gasteiger partial charge is 0.455 e. The Hall–Kier alpha value is -6.44. The Labute approximate surface area is 291 Å². The lowest BCUT2D eigenvalue weighted by Crippen LogP contribution is -1.92. The highest BCUT2D eigenvalue weighted by Crippen LogP contribution is 2.48. The maximum absolute atomic E-state index is 9.83. The van der Waals surface area contributed by atoms with Gasteiger partial charge in [-0.15, -0.1) is 0 Å². The highest BCUT2D eigenvalue weighted by Gasteiger charge is 2.21. The van der Waals surface area contributed by atoms with Crippen molar-refractivity contribution in [1.82, 2.24) is 0 Å². The zero-order valence-electron chi connectivity index (χ0n) is 31.3. The van der Waals surface area contributed by atoms with Crippen molar-refractivity contribution < 1.29 is 11.3 Å². The van der Waals surface area contributed by atoms with Gasteiger partial charge in [-0.2, -0.15) is 0 Å². The summed E-state index contributed by atoms with van der Waals surface area (Å²) in [4.78, 5) is 0. The van der Waals surface area contributed by atoms with Crippen molar-refractivity contribution in [2.45, 2.75) is 0 Å². The summed E-state index contributed by atoms with van der Waals surface area (Å²) in [5.74, 6) is 0. The van der Waals surface area contributed by atoms with Gasteiger partial charge in [0.25, 0.3) is 0 Å². The number of furan rings is 1. The fraction of sp³-hybridized carbons (Fsp3) is 0. The standard InChI is InChI=1S/C48H30O/c1-3-14-31(15-4-1)34-28-35(32-16-5-2-6-17-32)30-36(29-34)45-38-20-9-11-22-40(38)46(41-23-12-10-21-39(41)45)42-24-13-25-44-47(42)43-27-26-33-18-7-8-19-37(33)48(43)49-44/h1-30H/i1D,2D,28D,29D,30D. The third-order valence-electron chi connectivity index (χ3n) is 9.60. The first kappa shape index (κ1) is 23.0. The van der Waals surface area contributed by atoms with Crippen molar-refractivity contribution in [2.75, 3.05) is 0 Å². The van der Waals surface area contributed by atoms with Gasteiger partial charge in [-0.1, -0.05) is 152 Å². The molecule has 0 aliphatic rings. The number of fused-ring (bicyclic) bond motifs is 7. The SMILES string of the molecule is [2H]c1ccc(-c2c([2H])c(-c3ccc([2H])cc3)c([2H])c(-c3c4ccccc4c(-c4cccc5oc6c7ccccc7ccc6c45)c4ccccc34)c2[2H])cc1. The molecule has 0 aliphatic carbocycles. The zero-order valence-corrected chi connectivity index (χ0v) is 26.3. The molecule has 0 fully saturated rings. The summed E-state index contributed by atoms with van der Waals surface area (Å²) in [5, 5.41) is 7.98. The van der Waals surface area contributed by atoms with E-state index >= 15 is 0 Å². The van der Waals surface area contributed by atoms with Crippen LogP contribution in [0, 0.1) is 0 Å². The first-order chi connectivity index (χ1) is 26.4. The lowest BCUT2D eigenvalue weighted by atomic mass is 9.83. The van der Waals surface area contributed by atoms with Gasteiger partial charge in [0, 0.05) is 16.2 Å². The molecule has 1 heterocycles. The molecule has 0 aliphatic heterocycles. The normalized spacial score (nSPS) is 13.1. The second-order valence-corrected chi connectivity index (χ2v) is 12.4. The molecule has 0 saturated carbocycles. The van der Waals surface area contributed by atoms with Crippen LogP contribution >= 0.6 is 0 Å². The molecule has 0 saturated heterocycles. The zero-order chi connectivity index (χ0) is 36.7. The van der Waals surface area contributed by atoms with E-state index in [9.17, 15) is 4.11 Å². The van der Waals surface area contributed by atoms with E-state index < -0.39 is 0 Å². The minimum absolute atomic E-state index is 0.0699. The molecule has 0 N–H and O–H groups in total. The van der Waals surface area contributed by atoms with Crippen LogP contribution in [-0.4, -0.2) is 0 Å². The predicted octanol–water partition coefficient (Wildman–Crippen LogP) is 13.7. The van der Waals surface area contributed by atoms with Gasteiger partial charge in [0.2, 0.25) is 0 Å². The molecule has 1 heteroatoms. The summed E-state index contributed by atoms with van der Waals surface area (Å²) in [6, 6.07) is 49.9. The van der Waals surface area contributed by atoms with Crippen molar-refractivity contribution >= 4 is 54.3 Å². The first-order valence-electron chi connectivity index (χ1n) is 18.9. The summed E-state index contributed by atoms with van der Waals surface area (Å²) in [7, 11) is 0. The number of rotatable bonds is 4. The Morgan fingerprint density at radius 1 is 0.367 bits per heavy atom. The quantitative estimate of drug-likeness (QED) is 0.177. The summed E-state index contributed by atoms with van der Waals surface area (Å²) in [6.07, 6.45) is 0. The minimum Gasteiger partial charge on any atom is -0.455 e. The second-order valence-electron chi connectivity index (χ2n) is 12.4. The molecule has 0 amide bonds. The van der Waals surface area contributed by atoms with Gasteiger partial charge in [-0.25, -0.2) is 0 Å². The third kappa shape index (κ3) is 4.40. The van der Waals surface area contributed by atoms with Gasteiger partial charge < -0.3 is 4.42 Å². The van der Waals surface area contributed by atoms with E-state index in [2.05, 4.69) is 54.6 Å². The highest BCUT2D eigenvalue weighted by molar-refractivity contribution is 6.27. The molecule has 228 valence electrons. The summed E-state index contributed by atoms with van der Waals surface area (Å²) >= 11 is 0. The summed E-state index contributed by atoms with van der Waals surface area (Å²) < 4.78 is 52.0. The molecule has 0 spiro atoms. The van der Waals surface area contributed by atoms with Crippen molar-refractivity contribution in [2.24, 2.45) is 0 Å². The maximum atomic E-state index is 9.83. The van der Waals surface area contributed by atoms with Crippen LogP contribution in [0.5, 0.6) is 0 Å². The van der Waals surface area contributed by atoms with E-state index in [1.165, 1.54) is 0 Å². The number of hydrogen-bond acceptors (Lipinski definition) is 1. The van der Waals surface area contributed by atoms with Gasteiger partial charge in [-0.3, -0.25) is 0 Å². The van der Waals surface area contributed by atoms with E-state index in [1.54, 1.807) is 48.5 Å². The fourth-order valence-electron chi connectivity index (χ4n) is 7.44. The highest BCUT2D eigenvalue weighted by atomic mass is 16.3. The lowest BCUT2D eigenvalue weighted by Gasteiger charge is -2.19. The third-order valence-corrected chi connectivity index (χ3v) is 9.60. The molecule has 10 rings (SSSR count). The molecule has 49 heavy (non-hydrogen) atoms. The molecule has 0 atom stereocenters. The Morgan fingerprint density at radius 2 is 0.898 bits per heavy atom. The molecule has 0 radical (unpaired) electrons. The first-order valence-corrected chi connectivity index (χ1v) is 16.4. The van der Waals surface area contributed by atoms with Crippen LogP contribution in [-0.2, 0) is 0 Å². The average molecular weight is 628 g/mol. The van der Waals surface area contributed by atoms with Crippen molar-refractivity contribution in [1.29, 1.82) is 0 Å². The van der Waals surface area contributed by atoms with Gasteiger partial charge in [-0.05, 0) is 102 Å². The van der Waals surface area contributed by atoms with Gasteiger partial charge in [0.1, 0.15) is 11.2 Å². The van der Waals surface area contributed by atoms with E-state index in [1.807, 2.05) is 48.5 Å². The molecular formula is C48H30O. The molecule has 10 aromatic rings. The topological polar surface area (TPSA) is 13.1 Å². The summed E-state index contributed by atoms with van der Waals surface area (Å²) in [6.45, 7) is 0. The molecule has 1 nitrogen and oxygen atoms in total. The molecule has 9 aromatic carbocycles. The van der Waals surface area contributed by atoms with Crippen LogP contribution in [0.4, 0.5) is 0 Å². The monoisotopic (exact) mass is 627 g/mol.